The summed E-state index contributed by atoms with van der Waals surface area (Å²) >= 11 is 0. The highest BCUT2D eigenvalue weighted by atomic mass is 15.2. The number of rotatable bonds is 2. The van der Waals surface area contributed by atoms with Gasteiger partial charge in [-0.05, 0) is 25.7 Å². The van der Waals surface area contributed by atoms with Crippen molar-refractivity contribution in [3.05, 3.63) is 12.4 Å². The summed E-state index contributed by atoms with van der Waals surface area (Å²) in [7, 11) is 1.87. The molecule has 2 unspecified atom stereocenters. The third kappa shape index (κ3) is 2.10. The van der Waals surface area contributed by atoms with Gasteiger partial charge in [0, 0.05) is 19.6 Å². The Labute approximate surface area is 97.1 Å². The maximum atomic E-state index is 4.55. The van der Waals surface area contributed by atoms with E-state index < -0.39 is 0 Å². The second-order valence-corrected chi connectivity index (χ2v) is 4.57. The number of aromatic nitrogens is 2. The topological polar surface area (TPSA) is 41.1 Å². The number of nitrogens with zero attached hydrogens (tertiary/aromatic N) is 3. The van der Waals surface area contributed by atoms with Gasteiger partial charge in [-0.2, -0.15) is 0 Å². The lowest BCUT2D eigenvalue weighted by Gasteiger charge is -2.38. The van der Waals surface area contributed by atoms with Gasteiger partial charge in [-0.15, -0.1) is 0 Å². The fourth-order valence-electron chi connectivity index (χ4n) is 2.27. The summed E-state index contributed by atoms with van der Waals surface area (Å²) in [6, 6.07) is 0.551. The van der Waals surface area contributed by atoms with Crippen LogP contribution in [0.4, 0.5) is 11.6 Å². The first kappa shape index (κ1) is 11.2. The van der Waals surface area contributed by atoms with Gasteiger partial charge in [0.1, 0.15) is 11.6 Å². The molecule has 4 heteroatoms. The Kier molecular flexibility index (Phi) is 3.27. The molecule has 0 saturated carbocycles. The van der Waals surface area contributed by atoms with Crippen LogP contribution in [-0.4, -0.2) is 29.6 Å². The van der Waals surface area contributed by atoms with E-state index in [4.69, 9.17) is 0 Å². The first-order valence-electron chi connectivity index (χ1n) is 5.99. The van der Waals surface area contributed by atoms with Crippen molar-refractivity contribution < 1.29 is 0 Å². The van der Waals surface area contributed by atoms with Gasteiger partial charge in [-0.3, -0.25) is 4.98 Å². The molecule has 0 amide bonds. The predicted molar refractivity (Wildman–Crippen MR) is 66.8 cm³/mol. The van der Waals surface area contributed by atoms with Crippen LogP contribution in [0.1, 0.15) is 26.7 Å². The van der Waals surface area contributed by atoms with Crippen LogP contribution in [0.5, 0.6) is 0 Å². The quantitative estimate of drug-likeness (QED) is 0.829. The van der Waals surface area contributed by atoms with Crippen molar-refractivity contribution >= 4 is 11.6 Å². The summed E-state index contributed by atoms with van der Waals surface area (Å²) in [5.74, 6) is 2.56. The first-order chi connectivity index (χ1) is 7.72. The van der Waals surface area contributed by atoms with E-state index >= 15 is 0 Å². The molecule has 2 rings (SSSR count). The van der Waals surface area contributed by atoms with Crippen LogP contribution in [0.3, 0.4) is 0 Å². The van der Waals surface area contributed by atoms with Crippen LogP contribution in [0.25, 0.3) is 0 Å². The van der Waals surface area contributed by atoms with E-state index in [0.29, 0.717) is 6.04 Å². The van der Waals surface area contributed by atoms with Crippen molar-refractivity contribution in [1.82, 2.24) is 9.97 Å². The van der Waals surface area contributed by atoms with Gasteiger partial charge in [0.2, 0.25) is 0 Å². The SMILES string of the molecule is CNc1cncc(N2CCCC(C)C2C)n1. The van der Waals surface area contributed by atoms with Crippen molar-refractivity contribution in [3.8, 4) is 0 Å². The van der Waals surface area contributed by atoms with Gasteiger partial charge in [0.25, 0.3) is 0 Å². The van der Waals surface area contributed by atoms with Crippen LogP contribution in [0.15, 0.2) is 12.4 Å². The number of hydrogen-bond donors (Lipinski definition) is 1. The molecule has 88 valence electrons. The Morgan fingerprint density at radius 2 is 2.19 bits per heavy atom. The maximum Gasteiger partial charge on any atom is 0.149 e. The van der Waals surface area contributed by atoms with Gasteiger partial charge >= 0.3 is 0 Å². The zero-order valence-corrected chi connectivity index (χ0v) is 10.3. The summed E-state index contributed by atoms with van der Waals surface area (Å²) in [4.78, 5) is 11.1. The third-order valence-electron chi connectivity index (χ3n) is 3.55. The number of nitrogens with one attached hydrogen (secondary N) is 1. The minimum atomic E-state index is 0.551. The van der Waals surface area contributed by atoms with Crippen LogP contribution in [-0.2, 0) is 0 Å². The maximum absolute atomic E-state index is 4.55. The molecule has 2 heterocycles. The molecule has 1 saturated heterocycles. The molecule has 0 aliphatic carbocycles. The van der Waals surface area contributed by atoms with Gasteiger partial charge in [-0.1, -0.05) is 6.92 Å². The summed E-state index contributed by atoms with van der Waals surface area (Å²) in [5, 5.41) is 3.03. The normalized spacial score (nSPS) is 25.6. The average molecular weight is 220 g/mol. The monoisotopic (exact) mass is 220 g/mol. The fourth-order valence-corrected chi connectivity index (χ4v) is 2.27. The highest BCUT2D eigenvalue weighted by Gasteiger charge is 2.25. The molecule has 0 radical (unpaired) electrons. The molecule has 2 atom stereocenters. The zero-order chi connectivity index (χ0) is 11.5. The van der Waals surface area contributed by atoms with Crippen LogP contribution < -0.4 is 10.2 Å². The van der Waals surface area contributed by atoms with E-state index in [1.54, 1.807) is 6.20 Å². The first-order valence-corrected chi connectivity index (χ1v) is 5.99. The molecule has 1 aromatic rings. The smallest absolute Gasteiger partial charge is 0.149 e. The Morgan fingerprint density at radius 1 is 1.38 bits per heavy atom. The van der Waals surface area contributed by atoms with Crippen molar-refractivity contribution in [2.75, 3.05) is 23.8 Å². The molecule has 0 aromatic carbocycles. The van der Waals surface area contributed by atoms with Crippen molar-refractivity contribution in [2.45, 2.75) is 32.7 Å². The van der Waals surface area contributed by atoms with E-state index in [-0.39, 0.29) is 0 Å². The van der Waals surface area contributed by atoms with Crippen LogP contribution >= 0.6 is 0 Å². The lowest BCUT2D eigenvalue weighted by Crippen LogP contribution is -2.43. The van der Waals surface area contributed by atoms with Crippen molar-refractivity contribution in [1.29, 1.82) is 0 Å². The summed E-state index contributed by atoms with van der Waals surface area (Å²) in [5.41, 5.74) is 0. The Bertz CT molecular complexity index is 353. The number of piperidine rings is 1. The molecule has 1 N–H and O–H groups in total. The minimum Gasteiger partial charge on any atom is -0.372 e. The van der Waals surface area contributed by atoms with Crippen molar-refractivity contribution in [3.63, 3.8) is 0 Å². The predicted octanol–water partition coefficient (Wildman–Crippen LogP) is 2.14. The molecule has 1 aliphatic heterocycles. The van der Waals surface area contributed by atoms with E-state index in [9.17, 15) is 0 Å². The standard InChI is InChI=1S/C12H20N4/c1-9-5-4-6-16(10(9)2)12-8-14-7-11(13-3)15-12/h7-10H,4-6H2,1-3H3,(H,13,15). The second kappa shape index (κ2) is 4.68. The molecule has 1 fully saturated rings. The molecule has 1 aliphatic rings. The average Bonchev–Trinajstić information content (AvgIpc) is 2.33. The molecule has 1 aromatic heterocycles. The van der Waals surface area contributed by atoms with Crippen molar-refractivity contribution in [2.24, 2.45) is 5.92 Å². The number of anilines is 2. The van der Waals surface area contributed by atoms with Gasteiger partial charge in [0.15, 0.2) is 0 Å². The van der Waals surface area contributed by atoms with E-state index in [2.05, 4.69) is 34.0 Å². The lowest BCUT2D eigenvalue weighted by molar-refractivity contribution is 0.361. The van der Waals surface area contributed by atoms with Crippen LogP contribution in [0, 0.1) is 5.92 Å². The molecular formula is C12H20N4. The molecular weight excluding hydrogens is 200 g/mol. The molecule has 0 bridgehead atoms. The van der Waals surface area contributed by atoms with Gasteiger partial charge in [-0.25, -0.2) is 4.98 Å². The Hall–Kier alpha value is -1.32. The summed E-state index contributed by atoms with van der Waals surface area (Å²) in [6.45, 7) is 5.68. The highest BCUT2D eigenvalue weighted by Crippen LogP contribution is 2.27. The largest absolute Gasteiger partial charge is 0.372 e. The van der Waals surface area contributed by atoms with Crippen LogP contribution in [0.2, 0.25) is 0 Å². The van der Waals surface area contributed by atoms with Gasteiger partial charge in [0.05, 0.1) is 12.4 Å². The summed E-state index contributed by atoms with van der Waals surface area (Å²) < 4.78 is 0. The molecule has 4 nitrogen and oxygen atoms in total. The van der Waals surface area contributed by atoms with E-state index in [1.807, 2.05) is 13.2 Å². The summed E-state index contributed by atoms with van der Waals surface area (Å²) in [6.07, 6.45) is 6.17. The second-order valence-electron chi connectivity index (χ2n) is 4.57. The fraction of sp³-hybridized carbons (Fsp3) is 0.667. The number of hydrogen-bond acceptors (Lipinski definition) is 4. The Balaban J connectivity index is 2.21. The zero-order valence-electron chi connectivity index (χ0n) is 10.3. The Morgan fingerprint density at radius 3 is 2.94 bits per heavy atom. The van der Waals surface area contributed by atoms with E-state index in [0.717, 1.165) is 24.1 Å². The highest BCUT2D eigenvalue weighted by molar-refractivity contribution is 5.44. The lowest BCUT2D eigenvalue weighted by atomic mass is 9.92. The van der Waals surface area contributed by atoms with E-state index in [1.165, 1.54) is 12.8 Å². The third-order valence-corrected chi connectivity index (χ3v) is 3.55. The minimum absolute atomic E-state index is 0.551. The van der Waals surface area contributed by atoms with Gasteiger partial charge < -0.3 is 10.2 Å². The molecule has 0 spiro atoms. The molecule has 16 heavy (non-hydrogen) atoms.